The van der Waals surface area contributed by atoms with Crippen molar-refractivity contribution in [1.29, 1.82) is 0 Å². The van der Waals surface area contributed by atoms with E-state index in [-0.39, 0.29) is 16.4 Å². The van der Waals surface area contributed by atoms with Crippen molar-refractivity contribution in [2.45, 2.75) is 11.1 Å². The van der Waals surface area contributed by atoms with Crippen molar-refractivity contribution in [2.75, 3.05) is 16.6 Å². The predicted octanol–water partition coefficient (Wildman–Crippen LogP) is 1.50. The molecule has 1 aromatic carbocycles. The lowest BCUT2D eigenvalue weighted by molar-refractivity contribution is -0.173. The summed E-state index contributed by atoms with van der Waals surface area (Å²) in [4.78, 5) is 25.9. The number of hydrogen-bond donors (Lipinski definition) is 3. The number of carbonyl (C=O) groups excluding carboxylic acids is 2. The molecule has 2 aromatic rings. The van der Waals surface area contributed by atoms with Gasteiger partial charge in [-0.15, -0.1) is 0 Å². The van der Waals surface area contributed by atoms with Crippen molar-refractivity contribution in [3.63, 3.8) is 0 Å². The van der Waals surface area contributed by atoms with Crippen molar-refractivity contribution in [3.8, 4) is 0 Å². The normalized spacial score (nSPS) is 11.5. The van der Waals surface area contributed by atoms with Gasteiger partial charge in [-0.05, 0) is 36.4 Å². The highest BCUT2D eigenvalue weighted by Crippen LogP contribution is 2.17. The number of pyridine rings is 1. The van der Waals surface area contributed by atoms with E-state index in [9.17, 15) is 31.2 Å². The van der Waals surface area contributed by atoms with Gasteiger partial charge in [-0.3, -0.25) is 14.3 Å². The molecule has 0 saturated heterocycles. The molecule has 8 nitrogen and oxygen atoms in total. The highest BCUT2D eigenvalue weighted by molar-refractivity contribution is 7.92. The minimum absolute atomic E-state index is 0.114. The van der Waals surface area contributed by atoms with Gasteiger partial charge in [-0.1, -0.05) is 6.07 Å². The van der Waals surface area contributed by atoms with Gasteiger partial charge in [0.1, 0.15) is 5.82 Å². The van der Waals surface area contributed by atoms with Crippen LogP contribution in [-0.2, 0) is 19.6 Å². The maximum atomic E-state index is 12.2. The monoisotopic (exact) mass is 402 g/mol. The fourth-order valence-electron chi connectivity index (χ4n) is 1.80. The molecule has 0 aliphatic carbocycles. The smallest absolute Gasteiger partial charge is 0.339 e. The van der Waals surface area contributed by atoms with Gasteiger partial charge >= 0.3 is 12.1 Å². The molecule has 0 fully saturated rings. The Hall–Kier alpha value is -3.15. The lowest BCUT2D eigenvalue weighted by Crippen LogP contribution is -2.41. The Labute approximate surface area is 151 Å². The van der Waals surface area contributed by atoms with Crippen LogP contribution in [0.3, 0.4) is 0 Å². The van der Waals surface area contributed by atoms with E-state index < -0.39 is 34.6 Å². The number of nitrogens with zero attached hydrogens (tertiary/aromatic N) is 1. The minimum Gasteiger partial charge on any atom is -0.339 e. The highest BCUT2D eigenvalue weighted by atomic mass is 32.2. The number of rotatable bonds is 6. The van der Waals surface area contributed by atoms with Gasteiger partial charge < -0.3 is 10.6 Å². The number of halogens is 3. The zero-order valence-electron chi connectivity index (χ0n) is 13.4. The summed E-state index contributed by atoms with van der Waals surface area (Å²) in [5.74, 6) is -3.02. The van der Waals surface area contributed by atoms with Crippen LogP contribution in [0.4, 0.5) is 24.7 Å². The number of anilines is 2. The second-order valence-electron chi connectivity index (χ2n) is 5.07. The van der Waals surface area contributed by atoms with Crippen molar-refractivity contribution >= 4 is 33.3 Å². The van der Waals surface area contributed by atoms with E-state index in [1.807, 2.05) is 0 Å². The van der Waals surface area contributed by atoms with Crippen LogP contribution in [0.25, 0.3) is 0 Å². The molecule has 27 heavy (non-hydrogen) atoms. The fourth-order valence-corrected chi connectivity index (χ4v) is 2.81. The van der Waals surface area contributed by atoms with Gasteiger partial charge in [0.15, 0.2) is 0 Å². The first-order valence-electron chi connectivity index (χ1n) is 7.27. The van der Waals surface area contributed by atoms with Crippen LogP contribution in [0, 0.1) is 0 Å². The molecule has 0 aliphatic rings. The van der Waals surface area contributed by atoms with Crippen LogP contribution in [-0.4, -0.2) is 37.9 Å². The van der Waals surface area contributed by atoms with Gasteiger partial charge in [0.25, 0.3) is 10.0 Å². The molecule has 3 N–H and O–H groups in total. The van der Waals surface area contributed by atoms with E-state index in [0.29, 0.717) is 0 Å². The lowest BCUT2D eigenvalue weighted by atomic mass is 10.3. The van der Waals surface area contributed by atoms with Crippen molar-refractivity contribution < 1.29 is 31.2 Å². The maximum absolute atomic E-state index is 12.2. The van der Waals surface area contributed by atoms with Gasteiger partial charge in [0.05, 0.1) is 11.4 Å². The third-order valence-corrected chi connectivity index (χ3v) is 4.39. The molecule has 12 heteroatoms. The fraction of sp³-hybridized carbons (Fsp3) is 0.133. The van der Waals surface area contributed by atoms with Gasteiger partial charge in [-0.25, -0.2) is 13.4 Å². The largest absolute Gasteiger partial charge is 0.471 e. The van der Waals surface area contributed by atoms with E-state index in [1.165, 1.54) is 41.8 Å². The summed E-state index contributed by atoms with van der Waals surface area (Å²) in [5, 5.41) is 3.65. The summed E-state index contributed by atoms with van der Waals surface area (Å²) in [6.07, 6.45) is -3.68. The Morgan fingerprint density at radius 2 is 1.70 bits per heavy atom. The van der Waals surface area contributed by atoms with Crippen LogP contribution < -0.4 is 15.4 Å². The Balaban J connectivity index is 1.96. The van der Waals surface area contributed by atoms with E-state index >= 15 is 0 Å². The number of hydrogen-bond acceptors (Lipinski definition) is 5. The molecular formula is C15H13F3N4O4S. The molecule has 0 saturated carbocycles. The Kier molecular flexibility index (Phi) is 6.00. The summed E-state index contributed by atoms with van der Waals surface area (Å²) >= 11 is 0. The van der Waals surface area contributed by atoms with E-state index in [0.717, 1.165) is 0 Å². The summed E-state index contributed by atoms with van der Waals surface area (Å²) < 4.78 is 62.8. The first kappa shape index (κ1) is 20.2. The molecule has 1 aromatic heterocycles. The van der Waals surface area contributed by atoms with Crippen LogP contribution in [0.1, 0.15) is 0 Å². The molecule has 0 atom stereocenters. The Morgan fingerprint density at radius 3 is 2.26 bits per heavy atom. The molecule has 0 aliphatic heterocycles. The van der Waals surface area contributed by atoms with Gasteiger partial charge in [0, 0.05) is 11.9 Å². The number of benzene rings is 1. The second-order valence-corrected chi connectivity index (χ2v) is 6.76. The molecule has 2 amide bonds. The van der Waals surface area contributed by atoms with Crippen LogP contribution in [0.5, 0.6) is 0 Å². The molecule has 0 radical (unpaired) electrons. The minimum atomic E-state index is -5.09. The highest BCUT2D eigenvalue weighted by Gasteiger charge is 2.38. The lowest BCUT2D eigenvalue weighted by Gasteiger charge is -2.10. The first-order valence-corrected chi connectivity index (χ1v) is 8.75. The molecular weight excluding hydrogens is 389 g/mol. The van der Waals surface area contributed by atoms with Gasteiger partial charge in [-0.2, -0.15) is 13.2 Å². The van der Waals surface area contributed by atoms with E-state index in [4.69, 9.17) is 0 Å². The number of carbonyl (C=O) groups is 2. The van der Waals surface area contributed by atoms with Crippen LogP contribution in [0.15, 0.2) is 53.6 Å². The predicted molar refractivity (Wildman–Crippen MR) is 89.2 cm³/mol. The van der Waals surface area contributed by atoms with Crippen LogP contribution in [0.2, 0.25) is 0 Å². The topological polar surface area (TPSA) is 117 Å². The van der Waals surface area contributed by atoms with E-state index in [1.54, 1.807) is 12.1 Å². The third-order valence-electron chi connectivity index (χ3n) is 3.02. The summed E-state index contributed by atoms with van der Waals surface area (Å²) in [5.41, 5.74) is 0.137. The Morgan fingerprint density at radius 1 is 1.04 bits per heavy atom. The Bertz CT molecular complexity index is 916. The first-order chi connectivity index (χ1) is 12.6. The number of aromatic nitrogens is 1. The molecule has 2 rings (SSSR count). The third kappa shape index (κ3) is 5.95. The average molecular weight is 402 g/mol. The van der Waals surface area contributed by atoms with Crippen molar-refractivity contribution in [3.05, 3.63) is 48.7 Å². The second kappa shape index (κ2) is 8.03. The standard InChI is InChI=1S/C15H13F3N4O4S/c16-15(17,18)14(24)20-9-13(23)21-10-4-6-11(7-5-10)27(25,26)22-12-3-1-2-8-19-12/h1-8H,9H2,(H,19,22)(H,20,24)(H,21,23). The number of amides is 2. The number of alkyl halides is 3. The van der Waals surface area contributed by atoms with Crippen molar-refractivity contribution in [1.82, 2.24) is 10.3 Å². The summed E-state index contributed by atoms with van der Waals surface area (Å²) in [6.45, 7) is -0.889. The van der Waals surface area contributed by atoms with Crippen LogP contribution >= 0.6 is 0 Å². The molecule has 144 valence electrons. The molecule has 1 heterocycles. The maximum Gasteiger partial charge on any atom is 0.471 e. The number of sulfonamides is 1. The molecule has 0 spiro atoms. The zero-order valence-corrected chi connectivity index (χ0v) is 14.3. The zero-order chi connectivity index (χ0) is 20.1. The quantitative estimate of drug-likeness (QED) is 0.677. The SMILES string of the molecule is O=C(CNC(=O)C(F)(F)F)Nc1ccc(S(=O)(=O)Nc2ccccn2)cc1. The number of nitrogens with one attached hydrogen (secondary N) is 3. The molecule has 0 unspecified atom stereocenters. The van der Waals surface area contributed by atoms with Crippen molar-refractivity contribution in [2.24, 2.45) is 0 Å². The van der Waals surface area contributed by atoms with E-state index in [2.05, 4.69) is 15.0 Å². The average Bonchev–Trinajstić information content (AvgIpc) is 2.60. The summed E-state index contributed by atoms with van der Waals surface area (Å²) in [6, 6.07) is 9.55. The molecule has 0 bridgehead atoms. The van der Waals surface area contributed by atoms with Gasteiger partial charge in [0.2, 0.25) is 5.91 Å². The summed E-state index contributed by atoms with van der Waals surface area (Å²) in [7, 11) is -3.90.